The molecule has 1 N–H and O–H groups in total. The lowest BCUT2D eigenvalue weighted by Gasteiger charge is -2.23. The highest BCUT2D eigenvalue weighted by molar-refractivity contribution is 4.75. The molecule has 1 aliphatic carbocycles. The molecule has 1 saturated carbocycles. The van der Waals surface area contributed by atoms with E-state index in [2.05, 4.69) is 23.8 Å². The molecule has 2 heteroatoms. The Bertz CT molecular complexity index is 185. The predicted molar refractivity (Wildman–Crippen MR) is 76.4 cm³/mol. The van der Waals surface area contributed by atoms with Gasteiger partial charge in [-0.05, 0) is 45.7 Å². The van der Waals surface area contributed by atoms with E-state index in [1.54, 1.807) is 0 Å². The summed E-state index contributed by atoms with van der Waals surface area (Å²) in [6, 6.07) is 0.865. The van der Waals surface area contributed by atoms with E-state index >= 15 is 0 Å². The molecule has 0 unspecified atom stereocenters. The molecule has 0 bridgehead atoms. The molecular formula is C15H30N2. The van der Waals surface area contributed by atoms with E-state index in [1.807, 2.05) is 6.08 Å². The van der Waals surface area contributed by atoms with Gasteiger partial charge in [-0.15, -0.1) is 6.58 Å². The quantitative estimate of drug-likeness (QED) is 0.464. The van der Waals surface area contributed by atoms with Crippen molar-refractivity contribution in [1.29, 1.82) is 0 Å². The number of nitrogens with one attached hydrogen (secondary N) is 1. The van der Waals surface area contributed by atoms with Crippen LogP contribution in [-0.4, -0.2) is 37.6 Å². The molecular weight excluding hydrogens is 208 g/mol. The average molecular weight is 238 g/mol. The second-order valence-corrected chi connectivity index (χ2v) is 5.31. The smallest absolute Gasteiger partial charge is 0.0107 e. The van der Waals surface area contributed by atoms with Gasteiger partial charge in [0, 0.05) is 19.1 Å². The fourth-order valence-corrected chi connectivity index (χ4v) is 2.62. The maximum absolute atomic E-state index is 3.74. The predicted octanol–water partition coefficient (Wildman–Crippen LogP) is 3.20. The monoisotopic (exact) mass is 238 g/mol. The van der Waals surface area contributed by atoms with Crippen molar-refractivity contribution in [3.05, 3.63) is 12.7 Å². The van der Waals surface area contributed by atoms with Gasteiger partial charge in [0.1, 0.15) is 0 Å². The summed E-state index contributed by atoms with van der Waals surface area (Å²) in [5.74, 6) is 0. The molecule has 17 heavy (non-hydrogen) atoms. The van der Waals surface area contributed by atoms with Crippen LogP contribution < -0.4 is 5.32 Å². The first-order valence-electron chi connectivity index (χ1n) is 7.36. The number of hydrogen-bond donors (Lipinski definition) is 1. The first-order valence-corrected chi connectivity index (χ1v) is 7.36. The van der Waals surface area contributed by atoms with Crippen LogP contribution in [0.15, 0.2) is 12.7 Å². The highest BCUT2D eigenvalue weighted by atomic mass is 15.1. The van der Waals surface area contributed by atoms with E-state index in [9.17, 15) is 0 Å². The molecule has 0 aromatic carbocycles. The minimum absolute atomic E-state index is 0.865. The lowest BCUT2D eigenvalue weighted by Crippen LogP contribution is -2.35. The zero-order valence-electron chi connectivity index (χ0n) is 11.6. The van der Waals surface area contributed by atoms with Gasteiger partial charge in [-0.2, -0.15) is 0 Å². The third kappa shape index (κ3) is 6.85. The van der Waals surface area contributed by atoms with Gasteiger partial charge in [0.15, 0.2) is 0 Å². The molecule has 0 aromatic heterocycles. The van der Waals surface area contributed by atoms with Gasteiger partial charge in [0.25, 0.3) is 0 Å². The van der Waals surface area contributed by atoms with Crippen molar-refractivity contribution in [1.82, 2.24) is 10.2 Å². The van der Waals surface area contributed by atoms with E-state index in [0.29, 0.717) is 0 Å². The second kappa shape index (κ2) is 9.67. The van der Waals surface area contributed by atoms with Crippen LogP contribution in [-0.2, 0) is 0 Å². The molecule has 1 fully saturated rings. The van der Waals surface area contributed by atoms with Crippen LogP contribution >= 0.6 is 0 Å². The summed E-state index contributed by atoms with van der Waals surface area (Å²) in [6.45, 7) is 7.27. The SMILES string of the molecule is C=CCCCCCNCCN(C)C1CCCC1. The standard InChI is InChI=1S/C15H30N2/c1-3-4-5-6-9-12-16-13-14-17(2)15-10-7-8-11-15/h3,15-16H,1,4-14H2,2H3. The summed E-state index contributed by atoms with van der Waals surface area (Å²) < 4.78 is 0. The van der Waals surface area contributed by atoms with Crippen molar-refractivity contribution in [2.45, 2.75) is 57.4 Å². The van der Waals surface area contributed by atoms with Crippen LogP contribution in [0.2, 0.25) is 0 Å². The topological polar surface area (TPSA) is 15.3 Å². The lowest BCUT2D eigenvalue weighted by atomic mass is 10.2. The summed E-state index contributed by atoms with van der Waals surface area (Å²) in [7, 11) is 2.28. The number of hydrogen-bond acceptors (Lipinski definition) is 2. The van der Waals surface area contributed by atoms with Gasteiger partial charge in [-0.25, -0.2) is 0 Å². The highest BCUT2D eigenvalue weighted by Gasteiger charge is 2.18. The Kier molecular flexibility index (Phi) is 8.37. The minimum atomic E-state index is 0.865. The fourth-order valence-electron chi connectivity index (χ4n) is 2.62. The third-order valence-corrected chi connectivity index (χ3v) is 3.85. The van der Waals surface area contributed by atoms with Crippen molar-refractivity contribution < 1.29 is 0 Å². The van der Waals surface area contributed by atoms with Crippen LogP contribution in [0.4, 0.5) is 0 Å². The lowest BCUT2D eigenvalue weighted by molar-refractivity contribution is 0.245. The van der Waals surface area contributed by atoms with Gasteiger partial charge < -0.3 is 10.2 Å². The van der Waals surface area contributed by atoms with E-state index < -0.39 is 0 Å². The Morgan fingerprint density at radius 1 is 1.18 bits per heavy atom. The molecule has 0 amide bonds. The average Bonchev–Trinajstić information content (AvgIpc) is 2.86. The summed E-state index contributed by atoms with van der Waals surface area (Å²) in [6.07, 6.45) is 12.8. The van der Waals surface area contributed by atoms with Gasteiger partial charge in [-0.3, -0.25) is 0 Å². The summed E-state index contributed by atoms with van der Waals surface area (Å²) in [4.78, 5) is 2.54. The van der Waals surface area contributed by atoms with E-state index in [0.717, 1.165) is 12.6 Å². The van der Waals surface area contributed by atoms with Crippen molar-refractivity contribution in [2.75, 3.05) is 26.7 Å². The number of allylic oxidation sites excluding steroid dienone is 1. The molecule has 0 atom stereocenters. The maximum Gasteiger partial charge on any atom is 0.0107 e. The zero-order valence-corrected chi connectivity index (χ0v) is 11.6. The number of likely N-dealkylation sites (N-methyl/N-ethyl adjacent to an activating group) is 1. The minimum Gasteiger partial charge on any atom is -0.315 e. The highest BCUT2D eigenvalue weighted by Crippen LogP contribution is 2.21. The zero-order chi connectivity index (χ0) is 12.3. The van der Waals surface area contributed by atoms with Gasteiger partial charge in [0.2, 0.25) is 0 Å². The molecule has 1 aliphatic rings. The summed E-state index contributed by atoms with van der Waals surface area (Å²) >= 11 is 0. The molecule has 0 aliphatic heterocycles. The molecule has 0 radical (unpaired) electrons. The van der Waals surface area contributed by atoms with Crippen molar-refractivity contribution >= 4 is 0 Å². The molecule has 0 heterocycles. The first kappa shape index (κ1) is 14.7. The third-order valence-electron chi connectivity index (χ3n) is 3.85. The van der Waals surface area contributed by atoms with Crippen molar-refractivity contribution in [3.8, 4) is 0 Å². The molecule has 1 rings (SSSR count). The van der Waals surface area contributed by atoms with Gasteiger partial charge in [-0.1, -0.05) is 25.3 Å². The summed E-state index contributed by atoms with van der Waals surface area (Å²) in [5, 5.41) is 3.55. The van der Waals surface area contributed by atoms with Crippen LogP contribution in [0.5, 0.6) is 0 Å². The van der Waals surface area contributed by atoms with Crippen LogP contribution in [0.3, 0.4) is 0 Å². The largest absolute Gasteiger partial charge is 0.315 e. The van der Waals surface area contributed by atoms with Crippen molar-refractivity contribution in [3.63, 3.8) is 0 Å². The van der Waals surface area contributed by atoms with Crippen LogP contribution in [0.1, 0.15) is 51.4 Å². The van der Waals surface area contributed by atoms with E-state index in [-0.39, 0.29) is 0 Å². The molecule has 100 valence electrons. The van der Waals surface area contributed by atoms with Crippen molar-refractivity contribution in [2.24, 2.45) is 0 Å². The number of rotatable bonds is 10. The Morgan fingerprint density at radius 3 is 2.65 bits per heavy atom. The second-order valence-electron chi connectivity index (χ2n) is 5.31. The molecule has 0 saturated heterocycles. The number of unbranched alkanes of at least 4 members (excludes halogenated alkanes) is 3. The van der Waals surface area contributed by atoms with Gasteiger partial charge >= 0.3 is 0 Å². The maximum atomic E-state index is 3.74. The molecule has 0 spiro atoms. The van der Waals surface area contributed by atoms with E-state index in [1.165, 1.54) is 64.5 Å². The Morgan fingerprint density at radius 2 is 1.94 bits per heavy atom. The van der Waals surface area contributed by atoms with Gasteiger partial charge in [0.05, 0.1) is 0 Å². The number of nitrogens with zero attached hydrogens (tertiary/aromatic N) is 1. The van der Waals surface area contributed by atoms with E-state index in [4.69, 9.17) is 0 Å². The van der Waals surface area contributed by atoms with Crippen LogP contribution in [0, 0.1) is 0 Å². The Labute approximate surface area is 107 Å². The van der Waals surface area contributed by atoms with Crippen LogP contribution in [0.25, 0.3) is 0 Å². The first-order chi connectivity index (χ1) is 8.34. The summed E-state index contributed by atoms with van der Waals surface area (Å²) in [5.41, 5.74) is 0. The Balaban J connectivity index is 1.84. The fraction of sp³-hybridized carbons (Fsp3) is 0.867. The normalized spacial score (nSPS) is 16.8. The Hall–Kier alpha value is -0.340. The molecule has 2 nitrogen and oxygen atoms in total. The molecule has 0 aromatic rings.